The fourth-order valence-electron chi connectivity index (χ4n) is 5.74. The number of fused-ring (bicyclic) bond motifs is 1. The molecule has 1 saturated carbocycles. The van der Waals surface area contributed by atoms with E-state index in [2.05, 4.69) is 10.6 Å². The number of ether oxygens (including phenoxy) is 1. The summed E-state index contributed by atoms with van der Waals surface area (Å²) in [4.78, 5) is 41.8. The summed E-state index contributed by atoms with van der Waals surface area (Å²) in [5, 5.41) is 6.20. The second-order valence-electron chi connectivity index (χ2n) is 10.6. The van der Waals surface area contributed by atoms with Gasteiger partial charge in [-0.3, -0.25) is 14.4 Å². The maximum atomic E-state index is 13.6. The second kappa shape index (κ2) is 7.36. The maximum absolute atomic E-state index is 13.6. The zero-order valence-electron chi connectivity index (χ0n) is 18.7. The van der Waals surface area contributed by atoms with E-state index in [4.69, 9.17) is 4.74 Å². The average Bonchev–Trinajstić information content (AvgIpc) is 3.28. The molecule has 0 aromatic heterocycles. The average molecular weight is 418 g/mol. The van der Waals surface area contributed by atoms with Crippen LogP contribution < -0.4 is 10.6 Å². The highest BCUT2D eigenvalue weighted by Gasteiger charge is 2.73. The van der Waals surface area contributed by atoms with E-state index in [0.717, 1.165) is 25.7 Å². The number of hydrogen-bond donors (Lipinski definition) is 2. The number of nitrogens with one attached hydrogen (secondary N) is 2. The SMILES string of the molecule is CC(C)N1C(=O)[C@H]2[C@H](C(=O)NC3CCCCC3)[C@@H]3C=C[C@]2(O3)[C@@H]1C(=O)NC(C)(C)C. The maximum Gasteiger partial charge on any atom is 0.246 e. The summed E-state index contributed by atoms with van der Waals surface area (Å²) in [5.41, 5.74) is -1.51. The van der Waals surface area contributed by atoms with Gasteiger partial charge in [0.1, 0.15) is 11.6 Å². The molecule has 3 amide bonds. The summed E-state index contributed by atoms with van der Waals surface area (Å²) >= 11 is 0. The molecule has 2 saturated heterocycles. The Morgan fingerprint density at radius 2 is 1.83 bits per heavy atom. The van der Waals surface area contributed by atoms with E-state index in [-0.39, 0.29) is 29.8 Å². The number of likely N-dealkylation sites (tertiary alicyclic amines) is 1. The van der Waals surface area contributed by atoms with Crippen molar-refractivity contribution in [3.8, 4) is 0 Å². The van der Waals surface area contributed by atoms with Gasteiger partial charge in [0.25, 0.3) is 0 Å². The number of nitrogens with zero attached hydrogens (tertiary/aromatic N) is 1. The number of carbonyl (C=O) groups excluding carboxylic acids is 3. The van der Waals surface area contributed by atoms with Crippen molar-refractivity contribution in [2.75, 3.05) is 0 Å². The third-order valence-corrected chi connectivity index (χ3v) is 6.87. The van der Waals surface area contributed by atoms with Crippen LogP contribution in [0.1, 0.15) is 66.7 Å². The Morgan fingerprint density at radius 1 is 1.17 bits per heavy atom. The lowest BCUT2D eigenvalue weighted by Crippen LogP contribution is -2.59. The number of amides is 3. The molecule has 4 rings (SSSR count). The lowest BCUT2D eigenvalue weighted by molar-refractivity contribution is -0.144. The molecule has 2 N–H and O–H groups in total. The first-order valence-electron chi connectivity index (χ1n) is 11.4. The molecule has 0 radical (unpaired) electrons. The summed E-state index contributed by atoms with van der Waals surface area (Å²) in [6, 6.07) is -0.780. The summed E-state index contributed by atoms with van der Waals surface area (Å²) in [6.45, 7) is 9.56. The smallest absolute Gasteiger partial charge is 0.246 e. The second-order valence-corrected chi connectivity index (χ2v) is 10.6. The van der Waals surface area contributed by atoms with Gasteiger partial charge in [-0.15, -0.1) is 0 Å². The van der Waals surface area contributed by atoms with Gasteiger partial charge in [0.2, 0.25) is 17.7 Å². The standard InChI is InChI=1S/C23H35N3O4/c1-13(2)26-18(20(28)25-22(3,4)5)23-12-11-15(30-23)16(17(23)21(26)29)19(27)24-14-9-7-6-8-10-14/h11-18H,6-10H2,1-5H3,(H,24,27)(H,25,28)/t15-,16+,17+,18-,23+/m0/s1. The van der Waals surface area contributed by atoms with Gasteiger partial charge >= 0.3 is 0 Å². The van der Waals surface area contributed by atoms with Crippen molar-refractivity contribution in [3.63, 3.8) is 0 Å². The molecule has 4 aliphatic rings. The van der Waals surface area contributed by atoms with Crippen LogP contribution >= 0.6 is 0 Å². The Labute approximate surface area is 179 Å². The van der Waals surface area contributed by atoms with Crippen LogP contribution in [0.15, 0.2) is 12.2 Å². The molecule has 1 spiro atoms. The van der Waals surface area contributed by atoms with Gasteiger partial charge in [0.05, 0.1) is 17.9 Å². The zero-order chi connectivity index (χ0) is 21.8. The lowest BCUT2D eigenvalue weighted by atomic mass is 9.74. The summed E-state index contributed by atoms with van der Waals surface area (Å²) in [7, 11) is 0. The molecule has 7 nitrogen and oxygen atoms in total. The first-order chi connectivity index (χ1) is 14.0. The Morgan fingerprint density at radius 3 is 2.43 bits per heavy atom. The van der Waals surface area contributed by atoms with Crippen molar-refractivity contribution < 1.29 is 19.1 Å². The fourth-order valence-corrected chi connectivity index (χ4v) is 5.74. The van der Waals surface area contributed by atoms with Gasteiger partial charge in [0.15, 0.2) is 0 Å². The van der Waals surface area contributed by atoms with Crippen LogP contribution in [0.5, 0.6) is 0 Å². The molecule has 5 atom stereocenters. The molecular formula is C23H35N3O4. The minimum atomic E-state index is -1.07. The third-order valence-electron chi connectivity index (χ3n) is 6.87. The minimum Gasteiger partial charge on any atom is -0.359 e. The van der Waals surface area contributed by atoms with Crippen LogP contribution in [0.2, 0.25) is 0 Å². The highest BCUT2D eigenvalue weighted by atomic mass is 16.5. The van der Waals surface area contributed by atoms with Crippen LogP contribution in [0.25, 0.3) is 0 Å². The van der Waals surface area contributed by atoms with E-state index in [9.17, 15) is 14.4 Å². The molecule has 0 aromatic rings. The van der Waals surface area contributed by atoms with Crippen molar-refractivity contribution in [1.82, 2.24) is 15.5 Å². The largest absolute Gasteiger partial charge is 0.359 e. The van der Waals surface area contributed by atoms with Gasteiger partial charge in [-0.2, -0.15) is 0 Å². The molecule has 1 aliphatic carbocycles. The van der Waals surface area contributed by atoms with Crippen LogP contribution in [-0.4, -0.2) is 58.0 Å². The van der Waals surface area contributed by atoms with Crippen molar-refractivity contribution >= 4 is 17.7 Å². The molecule has 3 fully saturated rings. The summed E-state index contributed by atoms with van der Waals surface area (Å²) < 4.78 is 6.31. The topological polar surface area (TPSA) is 87.7 Å². The third kappa shape index (κ3) is 3.35. The number of carbonyl (C=O) groups is 3. The van der Waals surface area contributed by atoms with E-state index in [0.29, 0.717) is 0 Å². The number of hydrogen-bond acceptors (Lipinski definition) is 4. The molecule has 3 heterocycles. The van der Waals surface area contributed by atoms with Crippen LogP contribution in [-0.2, 0) is 19.1 Å². The zero-order valence-corrected chi connectivity index (χ0v) is 18.7. The van der Waals surface area contributed by atoms with E-state index >= 15 is 0 Å². The van der Waals surface area contributed by atoms with E-state index < -0.39 is 35.1 Å². The molecule has 166 valence electrons. The van der Waals surface area contributed by atoms with Gasteiger partial charge in [-0.25, -0.2) is 0 Å². The highest BCUT2D eigenvalue weighted by Crippen LogP contribution is 2.55. The highest BCUT2D eigenvalue weighted by molar-refractivity contribution is 6.00. The first kappa shape index (κ1) is 21.3. The Balaban J connectivity index is 1.64. The van der Waals surface area contributed by atoms with Crippen LogP contribution in [0.4, 0.5) is 0 Å². The Hall–Kier alpha value is -1.89. The minimum absolute atomic E-state index is 0.114. The molecular weight excluding hydrogens is 382 g/mol. The summed E-state index contributed by atoms with van der Waals surface area (Å²) in [6.07, 6.45) is 8.70. The molecule has 2 bridgehead atoms. The van der Waals surface area contributed by atoms with Crippen LogP contribution in [0, 0.1) is 11.8 Å². The van der Waals surface area contributed by atoms with E-state index in [1.54, 1.807) is 4.90 Å². The molecule has 0 aromatic carbocycles. The predicted octanol–water partition coefficient (Wildman–Crippen LogP) is 1.91. The summed E-state index contributed by atoms with van der Waals surface area (Å²) in [5.74, 6) is -1.75. The van der Waals surface area contributed by atoms with Crippen LogP contribution in [0.3, 0.4) is 0 Å². The molecule has 3 aliphatic heterocycles. The van der Waals surface area contributed by atoms with Gasteiger partial charge in [0, 0.05) is 17.6 Å². The lowest BCUT2D eigenvalue weighted by Gasteiger charge is -2.36. The van der Waals surface area contributed by atoms with Crippen molar-refractivity contribution in [3.05, 3.63) is 12.2 Å². The molecule has 0 unspecified atom stereocenters. The van der Waals surface area contributed by atoms with E-state index in [1.165, 1.54) is 6.42 Å². The van der Waals surface area contributed by atoms with Gasteiger partial charge in [-0.1, -0.05) is 31.4 Å². The van der Waals surface area contributed by atoms with Crippen molar-refractivity contribution in [1.29, 1.82) is 0 Å². The Bertz CT molecular complexity index is 765. The quantitative estimate of drug-likeness (QED) is 0.684. The van der Waals surface area contributed by atoms with Gasteiger partial charge < -0.3 is 20.3 Å². The predicted molar refractivity (Wildman–Crippen MR) is 112 cm³/mol. The Kier molecular flexibility index (Phi) is 5.24. The van der Waals surface area contributed by atoms with Gasteiger partial charge in [-0.05, 0) is 47.5 Å². The number of rotatable bonds is 4. The normalized spacial score (nSPS) is 35.8. The molecule has 7 heteroatoms. The fraction of sp³-hybridized carbons (Fsp3) is 0.783. The first-order valence-corrected chi connectivity index (χ1v) is 11.4. The van der Waals surface area contributed by atoms with E-state index in [1.807, 2.05) is 46.8 Å². The molecule has 30 heavy (non-hydrogen) atoms. The monoisotopic (exact) mass is 417 g/mol. The van der Waals surface area contributed by atoms with Crippen molar-refractivity contribution in [2.24, 2.45) is 11.8 Å². The van der Waals surface area contributed by atoms with Crippen molar-refractivity contribution in [2.45, 2.75) is 102 Å².